The third kappa shape index (κ3) is 4.78. The first kappa shape index (κ1) is 17.9. The summed E-state index contributed by atoms with van der Waals surface area (Å²) in [6.07, 6.45) is 0.681. The van der Waals surface area contributed by atoms with Gasteiger partial charge in [-0.05, 0) is 30.2 Å². The van der Waals surface area contributed by atoms with Crippen LogP contribution in [0.25, 0.3) is 0 Å². The quantitative estimate of drug-likeness (QED) is 0.846. The molecule has 2 aromatic rings. The molecule has 0 aliphatic carbocycles. The topological polar surface area (TPSA) is 46.9 Å². The van der Waals surface area contributed by atoms with Crippen LogP contribution in [0, 0.1) is 5.82 Å². The summed E-state index contributed by atoms with van der Waals surface area (Å²) >= 11 is 0. The van der Waals surface area contributed by atoms with Crippen LogP contribution in [0.5, 0.6) is 5.75 Å². The third-order valence-electron chi connectivity index (χ3n) is 4.82. The van der Waals surface area contributed by atoms with Crippen molar-refractivity contribution in [2.24, 2.45) is 0 Å². The van der Waals surface area contributed by atoms with Gasteiger partial charge in [-0.15, -0.1) is 0 Å². The Balaban J connectivity index is 1.63. The molecule has 0 radical (unpaired) electrons. The van der Waals surface area contributed by atoms with E-state index >= 15 is 0 Å². The highest BCUT2D eigenvalue weighted by molar-refractivity contribution is 5.26. The molecule has 1 fully saturated rings. The summed E-state index contributed by atoms with van der Waals surface area (Å²) in [7, 11) is 0. The summed E-state index contributed by atoms with van der Waals surface area (Å²) in [6, 6.07) is 14.4. The van der Waals surface area contributed by atoms with E-state index in [0.717, 1.165) is 31.7 Å². The van der Waals surface area contributed by atoms with Gasteiger partial charge in [0.2, 0.25) is 0 Å². The van der Waals surface area contributed by atoms with Gasteiger partial charge in [0.05, 0.1) is 0 Å². The van der Waals surface area contributed by atoms with E-state index in [4.69, 9.17) is 0 Å². The summed E-state index contributed by atoms with van der Waals surface area (Å²) in [6.45, 7) is 4.11. The van der Waals surface area contributed by atoms with Crippen molar-refractivity contribution in [2.75, 3.05) is 26.2 Å². The maximum atomic E-state index is 13.9. The highest BCUT2D eigenvalue weighted by Crippen LogP contribution is 2.20. The molecule has 1 atom stereocenters. The van der Waals surface area contributed by atoms with Crippen LogP contribution in [0.2, 0.25) is 0 Å². The molecule has 25 heavy (non-hydrogen) atoms. The Bertz CT molecular complexity index is 678. The fraction of sp³-hybridized carbons (Fsp3) is 0.400. The summed E-state index contributed by atoms with van der Waals surface area (Å²) < 4.78 is 13.9. The van der Waals surface area contributed by atoms with Crippen molar-refractivity contribution in [3.8, 4) is 5.75 Å². The zero-order chi connectivity index (χ0) is 17.6. The van der Waals surface area contributed by atoms with Gasteiger partial charge in [-0.1, -0.05) is 30.3 Å². The highest BCUT2D eigenvalue weighted by Gasteiger charge is 2.27. The van der Waals surface area contributed by atoms with Gasteiger partial charge in [-0.25, -0.2) is 4.39 Å². The Morgan fingerprint density at radius 2 is 1.76 bits per heavy atom. The normalized spacial score (nSPS) is 19.2. The minimum Gasteiger partial charge on any atom is -0.508 e. The number of phenols is 1. The Morgan fingerprint density at radius 3 is 2.48 bits per heavy atom. The fourth-order valence-electron chi connectivity index (χ4n) is 3.44. The molecule has 5 heteroatoms. The lowest BCUT2D eigenvalue weighted by molar-refractivity contribution is 0.0493. The van der Waals surface area contributed by atoms with Crippen LogP contribution in [0.1, 0.15) is 17.5 Å². The third-order valence-corrected chi connectivity index (χ3v) is 4.82. The number of aromatic hydroxyl groups is 1. The first-order chi connectivity index (χ1) is 12.2. The Morgan fingerprint density at radius 1 is 1.00 bits per heavy atom. The first-order valence-corrected chi connectivity index (χ1v) is 8.74. The lowest BCUT2D eigenvalue weighted by Crippen LogP contribution is -2.52. The van der Waals surface area contributed by atoms with Crippen molar-refractivity contribution < 1.29 is 14.6 Å². The summed E-state index contributed by atoms with van der Waals surface area (Å²) in [4.78, 5) is 4.62. The average Bonchev–Trinajstić information content (AvgIpc) is 2.61. The van der Waals surface area contributed by atoms with E-state index in [9.17, 15) is 14.6 Å². The summed E-state index contributed by atoms with van der Waals surface area (Å²) in [5.74, 6) is 0.105. The minimum absolute atomic E-state index is 0.130. The number of benzene rings is 2. The van der Waals surface area contributed by atoms with E-state index in [1.165, 1.54) is 6.07 Å². The molecule has 134 valence electrons. The number of aliphatic hydroxyl groups is 1. The summed E-state index contributed by atoms with van der Waals surface area (Å²) in [5.41, 5.74) is 1.86. The van der Waals surface area contributed by atoms with Gasteiger partial charge in [0.15, 0.2) is 0 Å². The molecule has 1 aliphatic rings. The monoisotopic (exact) mass is 344 g/mol. The number of rotatable bonds is 6. The van der Waals surface area contributed by atoms with Crippen LogP contribution in [0.15, 0.2) is 48.5 Å². The predicted octanol–water partition coefficient (Wildman–Crippen LogP) is 2.60. The van der Waals surface area contributed by atoms with Crippen LogP contribution in [0.3, 0.4) is 0 Å². The molecule has 4 nitrogen and oxygen atoms in total. The van der Waals surface area contributed by atoms with E-state index in [0.29, 0.717) is 18.5 Å². The van der Waals surface area contributed by atoms with Crippen molar-refractivity contribution >= 4 is 0 Å². The predicted molar refractivity (Wildman–Crippen MR) is 95.7 cm³/mol. The van der Waals surface area contributed by atoms with Crippen LogP contribution >= 0.6 is 0 Å². The maximum absolute atomic E-state index is 13.9. The van der Waals surface area contributed by atoms with Crippen molar-refractivity contribution in [3.05, 3.63) is 65.5 Å². The largest absolute Gasteiger partial charge is 0.508 e. The molecule has 0 amide bonds. The fourth-order valence-corrected chi connectivity index (χ4v) is 3.44. The standard InChI is InChI=1S/C20H25FN2O2/c21-20-4-2-1-3-17(20)14-23-11-10-22(15-18(23)9-12-24)13-16-5-7-19(25)8-6-16/h1-8,18,24-25H,9-15H2. The second kappa shape index (κ2) is 8.43. The van der Waals surface area contributed by atoms with Crippen LogP contribution in [-0.2, 0) is 13.1 Å². The lowest BCUT2D eigenvalue weighted by Gasteiger charge is -2.41. The molecule has 1 unspecified atom stereocenters. The van der Waals surface area contributed by atoms with Gasteiger partial charge in [-0.2, -0.15) is 0 Å². The zero-order valence-electron chi connectivity index (χ0n) is 14.3. The second-order valence-electron chi connectivity index (χ2n) is 6.63. The number of halogens is 1. The van der Waals surface area contributed by atoms with Gasteiger partial charge in [0.1, 0.15) is 11.6 Å². The van der Waals surface area contributed by atoms with Crippen LogP contribution in [0.4, 0.5) is 4.39 Å². The molecule has 0 saturated carbocycles. The van der Waals surface area contributed by atoms with Crippen LogP contribution in [-0.4, -0.2) is 52.3 Å². The van der Waals surface area contributed by atoms with Crippen LogP contribution < -0.4 is 0 Å². The Hall–Kier alpha value is -1.95. The molecule has 0 aromatic heterocycles. The van der Waals surface area contributed by atoms with Gasteiger partial charge >= 0.3 is 0 Å². The van der Waals surface area contributed by atoms with E-state index in [-0.39, 0.29) is 24.2 Å². The van der Waals surface area contributed by atoms with Crippen molar-refractivity contribution in [1.82, 2.24) is 9.80 Å². The lowest BCUT2D eigenvalue weighted by atomic mass is 10.1. The molecule has 3 rings (SSSR count). The van der Waals surface area contributed by atoms with E-state index in [1.54, 1.807) is 18.2 Å². The molecule has 0 spiro atoms. The molecule has 1 saturated heterocycles. The van der Waals surface area contributed by atoms with Gasteiger partial charge < -0.3 is 10.2 Å². The highest BCUT2D eigenvalue weighted by atomic mass is 19.1. The number of hydrogen-bond acceptors (Lipinski definition) is 4. The molecular formula is C20H25FN2O2. The molecular weight excluding hydrogens is 319 g/mol. The second-order valence-corrected chi connectivity index (χ2v) is 6.63. The maximum Gasteiger partial charge on any atom is 0.127 e. The number of piperazine rings is 1. The number of nitrogens with zero attached hydrogens (tertiary/aromatic N) is 2. The Labute approximate surface area is 148 Å². The van der Waals surface area contributed by atoms with Crippen molar-refractivity contribution in [3.63, 3.8) is 0 Å². The smallest absolute Gasteiger partial charge is 0.127 e. The average molecular weight is 344 g/mol. The molecule has 2 aromatic carbocycles. The van der Waals surface area contributed by atoms with Gasteiger partial charge in [-0.3, -0.25) is 9.80 Å². The van der Waals surface area contributed by atoms with E-state index in [2.05, 4.69) is 9.80 Å². The number of phenolic OH excluding ortho intramolecular Hbond substituents is 1. The summed E-state index contributed by atoms with van der Waals surface area (Å²) in [5, 5.41) is 18.8. The number of hydrogen-bond donors (Lipinski definition) is 2. The SMILES string of the molecule is OCCC1CN(Cc2ccc(O)cc2)CCN1Cc1ccccc1F. The molecule has 0 bridgehead atoms. The molecule has 1 aliphatic heterocycles. The van der Waals surface area contributed by atoms with Gasteiger partial charge in [0, 0.05) is 50.9 Å². The van der Waals surface area contributed by atoms with Gasteiger partial charge in [0.25, 0.3) is 0 Å². The van der Waals surface area contributed by atoms with Crippen molar-refractivity contribution in [2.45, 2.75) is 25.6 Å². The van der Waals surface area contributed by atoms with E-state index in [1.807, 2.05) is 24.3 Å². The Kier molecular flexibility index (Phi) is 6.02. The molecule has 1 heterocycles. The van der Waals surface area contributed by atoms with Crippen molar-refractivity contribution in [1.29, 1.82) is 0 Å². The van der Waals surface area contributed by atoms with E-state index < -0.39 is 0 Å². The number of aliphatic hydroxyl groups excluding tert-OH is 1. The minimum atomic E-state index is -0.170. The zero-order valence-corrected chi connectivity index (χ0v) is 14.3. The first-order valence-electron chi connectivity index (χ1n) is 8.74. The molecule has 2 N–H and O–H groups in total.